The molecule has 0 saturated carbocycles. The van der Waals surface area contributed by atoms with E-state index in [0.717, 1.165) is 19.4 Å². The van der Waals surface area contributed by atoms with Gasteiger partial charge in [0.15, 0.2) is 0 Å². The summed E-state index contributed by atoms with van der Waals surface area (Å²) in [5.74, 6) is -0.706. The van der Waals surface area contributed by atoms with Crippen molar-refractivity contribution in [3.05, 3.63) is 24.5 Å². The van der Waals surface area contributed by atoms with Gasteiger partial charge in [0.25, 0.3) is 0 Å². The van der Waals surface area contributed by atoms with E-state index in [1.807, 2.05) is 24.5 Å². The van der Waals surface area contributed by atoms with E-state index in [1.54, 1.807) is 0 Å². The molecule has 66 valence electrons. The summed E-state index contributed by atoms with van der Waals surface area (Å²) < 4.78 is 2.06. The maximum Gasteiger partial charge on any atom is 0.303 e. The Hall–Kier alpha value is -1.25. The summed E-state index contributed by atoms with van der Waals surface area (Å²) in [6.45, 7) is 0.917. The molecule has 3 nitrogen and oxygen atoms in total. The number of carboxylic acids is 1. The van der Waals surface area contributed by atoms with E-state index in [2.05, 4.69) is 4.57 Å². The van der Waals surface area contributed by atoms with Crippen LogP contribution in [-0.2, 0) is 11.3 Å². The van der Waals surface area contributed by atoms with Crippen LogP contribution in [0.25, 0.3) is 0 Å². The van der Waals surface area contributed by atoms with Gasteiger partial charge >= 0.3 is 5.97 Å². The Morgan fingerprint density at radius 1 is 1.25 bits per heavy atom. The second-order valence-corrected chi connectivity index (χ2v) is 2.77. The van der Waals surface area contributed by atoms with Crippen molar-refractivity contribution in [2.75, 3.05) is 0 Å². The van der Waals surface area contributed by atoms with Crippen molar-refractivity contribution < 1.29 is 9.90 Å². The normalized spacial score (nSPS) is 10.0. The number of nitrogens with zero attached hydrogens (tertiary/aromatic N) is 1. The molecule has 0 aromatic carbocycles. The van der Waals surface area contributed by atoms with E-state index in [9.17, 15) is 4.79 Å². The summed E-state index contributed by atoms with van der Waals surface area (Å²) in [5, 5.41) is 8.36. The first-order valence-electron chi connectivity index (χ1n) is 4.11. The fourth-order valence-corrected chi connectivity index (χ4v) is 1.09. The number of aliphatic carboxylic acids is 1. The summed E-state index contributed by atoms with van der Waals surface area (Å²) in [5.41, 5.74) is 0. The average molecular weight is 167 g/mol. The van der Waals surface area contributed by atoms with Crippen LogP contribution in [0.4, 0.5) is 0 Å². The maximum absolute atomic E-state index is 10.2. The predicted octanol–water partition coefficient (Wildman–Crippen LogP) is 1.74. The Kier molecular flexibility index (Phi) is 3.38. The lowest BCUT2D eigenvalue weighted by Gasteiger charge is -2.00. The summed E-state index contributed by atoms with van der Waals surface area (Å²) in [7, 11) is 0. The largest absolute Gasteiger partial charge is 0.481 e. The topological polar surface area (TPSA) is 42.2 Å². The van der Waals surface area contributed by atoms with Gasteiger partial charge in [-0.2, -0.15) is 0 Å². The molecular weight excluding hydrogens is 154 g/mol. The second-order valence-electron chi connectivity index (χ2n) is 2.77. The molecule has 0 saturated heterocycles. The van der Waals surface area contributed by atoms with Crippen LogP contribution < -0.4 is 0 Å². The van der Waals surface area contributed by atoms with Crippen LogP contribution in [0.2, 0.25) is 0 Å². The fourth-order valence-electron chi connectivity index (χ4n) is 1.09. The van der Waals surface area contributed by atoms with Crippen LogP contribution in [0, 0.1) is 0 Å². The number of unbranched alkanes of at least 4 members (excludes halogenated alkanes) is 1. The van der Waals surface area contributed by atoms with E-state index in [1.165, 1.54) is 0 Å². The molecule has 1 rings (SSSR count). The molecule has 12 heavy (non-hydrogen) atoms. The van der Waals surface area contributed by atoms with Gasteiger partial charge in [-0.15, -0.1) is 0 Å². The van der Waals surface area contributed by atoms with Crippen LogP contribution in [0.5, 0.6) is 0 Å². The molecule has 1 aromatic heterocycles. The zero-order valence-corrected chi connectivity index (χ0v) is 6.94. The fraction of sp³-hybridized carbons (Fsp3) is 0.444. The predicted molar refractivity (Wildman–Crippen MR) is 45.9 cm³/mol. The maximum atomic E-state index is 10.2. The highest BCUT2D eigenvalue weighted by Crippen LogP contribution is 1.99. The minimum Gasteiger partial charge on any atom is -0.481 e. The molecule has 1 aromatic rings. The zero-order valence-electron chi connectivity index (χ0n) is 6.94. The first-order chi connectivity index (χ1) is 5.79. The minimum atomic E-state index is -0.706. The Bertz CT molecular complexity index is 229. The molecule has 1 N–H and O–H groups in total. The number of rotatable bonds is 5. The molecule has 0 aliphatic rings. The van der Waals surface area contributed by atoms with E-state index in [-0.39, 0.29) is 6.42 Å². The van der Waals surface area contributed by atoms with Gasteiger partial charge in [-0.25, -0.2) is 0 Å². The number of aryl methyl sites for hydroxylation is 1. The van der Waals surface area contributed by atoms with Crippen molar-refractivity contribution in [1.82, 2.24) is 4.57 Å². The van der Waals surface area contributed by atoms with Crippen molar-refractivity contribution in [3.63, 3.8) is 0 Å². The average Bonchev–Trinajstić information content (AvgIpc) is 2.49. The van der Waals surface area contributed by atoms with E-state index in [4.69, 9.17) is 5.11 Å². The van der Waals surface area contributed by atoms with Gasteiger partial charge in [0.2, 0.25) is 0 Å². The summed E-state index contributed by atoms with van der Waals surface area (Å²) >= 11 is 0. The lowest BCUT2D eigenvalue weighted by Crippen LogP contribution is -1.97. The van der Waals surface area contributed by atoms with Crippen molar-refractivity contribution in [2.45, 2.75) is 25.8 Å². The van der Waals surface area contributed by atoms with Gasteiger partial charge in [0.1, 0.15) is 0 Å². The molecule has 0 bridgehead atoms. The monoisotopic (exact) mass is 167 g/mol. The molecule has 0 fully saturated rings. The first-order valence-corrected chi connectivity index (χ1v) is 4.11. The summed E-state index contributed by atoms with van der Waals surface area (Å²) in [6, 6.07) is 3.94. The highest BCUT2D eigenvalue weighted by atomic mass is 16.4. The van der Waals surface area contributed by atoms with Crippen LogP contribution in [0.1, 0.15) is 19.3 Å². The lowest BCUT2D eigenvalue weighted by atomic mass is 10.2. The lowest BCUT2D eigenvalue weighted by molar-refractivity contribution is -0.137. The van der Waals surface area contributed by atoms with Gasteiger partial charge < -0.3 is 9.67 Å². The smallest absolute Gasteiger partial charge is 0.303 e. The third-order valence-electron chi connectivity index (χ3n) is 1.72. The molecule has 0 unspecified atom stereocenters. The minimum absolute atomic E-state index is 0.279. The molecule has 0 spiro atoms. The molecule has 0 radical (unpaired) electrons. The van der Waals surface area contributed by atoms with Crippen molar-refractivity contribution in [3.8, 4) is 0 Å². The third kappa shape index (κ3) is 3.23. The third-order valence-corrected chi connectivity index (χ3v) is 1.72. The highest BCUT2D eigenvalue weighted by molar-refractivity contribution is 5.66. The quantitative estimate of drug-likeness (QED) is 0.679. The van der Waals surface area contributed by atoms with Gasteiger partial charge in [0, 0.05) is 25.4 Å². The molecule has 1 heterocycles. The standard InChI is InChI=1S/C9H13NO2/c11-9(12)5-1-2-6-10-7-3-4-8-10/h3-4,7-8H,1-2,5-6H2,(H,11,12). The van der Waals surface area contributed by atoms with Crippen molar-refractivity contribution in [2.24, 2.45) is 0 Å². The van der Waals surface area contributed by atoms with Crippen LogP contribution in [0.15, 0.2) is 24.5 Å². The highest BCUT2D eigenvalue weighted by Gasteiger charge is 1.95. The number of hydrogen-bond donors (Lipinski definition) is 1. The number of aromatic nitrogens is 1. The number of carboxylic acid groups (broad SMARTS) is 1. The van der Waals surface area contributed by atoms with E-state index < -0.39 is 5.97 Å². The summed E-state index contributed by atoms with van der Waals surface area (Å²) in [4.78, 5) is 10.2. The summed E-state index contributed by atoms with van der Waals surface area (Å²) in [6.07, 6.45) is 5.94. The molecule has 0 atom stereocenters. The second kappa shape index (κ2) is 4.59. The van der Waals surface area contributed by atoms with Crippen molar-refractivity contribution >= 4 is 5.97 Å². The SMILES string of the molecule is O=C(O)CCCCn1cccc1. The number of hydrogen-bond acceptors (Lipinski definition) is 1. The Morgan fingerprint density at radius 2 is 1.92 bits per heavy atom. The molecule has 0 aliphatic carbocycles. The van der Waals surface area contributed by atoms with Gasteiger partial charge in [-0.05, 0) is 25.0 Å². The van der Waals surface area contributed by atoms with Crippen LogP contribution in [0.3, 0.4) is 0 Å². The first kappa shape index (κ1) is 8.84. The van der Waals surface area contributed by atoms with E-state index in [0.29, 0.717) is 0 Å². The molecule has 3 heteroatoms. The van der Waals surface area contributed by atoms with Crippen LogP contribution >= 0.6 is 0 Å². The Morgan fingerprint density at radius 3 is 2.50 bits per heavy atom. The Labute approximate surface area is 71.6 Å². The molecule has 0 aliphatic heterocycles. The zero-order chi connectivity index (χ0) is 8.81. The van der Waals surface area contributed by atoms with Crippen LogP contribution in [-0.4, -0.2) is 15.6 Å². The Balaban J connectivity index is 2.07. The van der Waals surface area contributed by atoms with Gasteiger partial charge in [0.05, 0.1) is 0 Å². The number of carbonyl (C=O) groups is 1. The molecular formula is C9H13NO2. The van der Waals surface area contributed by atoms with Gasteiger partial charge in [-0.1, -0.05) is 0 Å². The van der Waals surface area contributed by atoms with E-state index >= 15 is 0 Å². The molecule has 0 amide bonds. The van der Waals surface area contributed by atoms with Gasteiger partial charge in [-0.3, -0.25) is 4.79 Å². The van der Waals surface area contributed by atoms with Crippen molar-refractivity contribution in [1.29, 1.82) is 0 Å².